The number of carboxylic acids is 1. The van der Waals surface area contributed by atoms with Crippen LogP contribution in [0.5, 0.6) is 0 Å². The number of nitrogens with zero attached hydrogens (tertiary/aromatic N) is 1. The van der Waals surface area contributed by atoms with Crippen molar-refractivity contribution < 1.29 is 27.3 Å². The molecule has 1 heterocycles. The minimum atomic E-state index is -3.72. The highest BCUT2D eigenvalue weighted by atomic mass is 32.2. The second kappa shape index (κ2) is 8.07. The van der Waals surface area contributed by atoms with Crippen molar-refractivity contribution in [2.75, 3.05) is 19.9 Å². The first-order chi connectivity index (χ1) is 12.2. The number of aromatic nitrogens is 1. The molecule has 9 heteroatoms. The van der Waals surface area contributed by atoms with Crippen molar-refractivity contribution in [3.05, 3.63) is 65.0 Å². The number of benzene rings is 1. The molecule has 0 aliphatic carbocycles. The average molecular weight is 378 g/mol. The van der Waals surface area contributed by atoms with E-state index in [0.717, 1.165) is 12.3 Å². The molecule has 0 saturated heterocycles. The SMILES string of the molecule is CNC(=O)c1cc(C(=O)O)cc(C(COS(C)(=O)=O)c2ccccc2)n1. The van der Waals surface area contributed by atoms with Crippen LogP contribution in [-0.2, 0) is 14.3 Å². The zero-order valence-corrected chi connectivity index (χ0v) is 15.0. The number of pyridine rings is 1. The van der Waals surface area contributed by atoms with Crippen LogP contribution in [0.4, 0.5) is 0 Å². The van der Waals surface area contributed by atoms with Gasteiger partial charge in [-0.15, -0.1) is 0 Å². The lowest BCUT2D eigenvalue weighted by Crippen LogP contribution is -2.22. The Morgan fingerprint density at radius 2 is 1.88 bits per heavy atom. The summed E-state index contributed by atoms with van der Waals surface area (Å²) in [6, 6.07) is 11.2. The third kappa shape index (κ3) is 5.11. The largest absolute Gasteiger partial charge is 0.478 e. The van der Waals surface area contributed by atoms with Gasteiger partial charge in [-0.25, -0.2) is 9.78 Å². The molecule has 0 radical (unpaired) electrons. The summed E-state index contributed by atoms with van der Waals surface area (Å²) < 4.78 is 27.7. The highest BCUT2D eigenvalue weighted by molar-refractivity contribution is 7.85. The first kappa shape index (κ1) is 19.5. The van der Waals surface area contributed by atoms with Crippen LogP contribution in [0, 0.1) is 0 Å². The minimum absolute atomic E-state index is 0.0808. The average Bonchev–Trinajstić information content (AvgIpc) is 2.60. The van der Waals surface area contributed by atoms with Crippen molar-refractivity contribution in [3.63, 3.8) is 0 Å². The number of hydrogen-bond acceptors (Lipinski definition) is 6. The number of hydrogen-bond donors (Lipinski definition) is 2. The van der Waals surface area contributed by atoms with Gasteiger partial charge >= 0.3 is 5.97 Å². The van der Waals surface area contributed by atoms with E-state index in [9.17, 15) is 23.1 Å². The summed E-state index contributed by atoms with van der Waals surface area (Å²) in [4.78, 5) is 27.5. The molecule has 26 heavy (non-hydrogen) atoms. The van der Waals surface area contributed by atoms with Crippen LogP contribution in [0.1, 0.15) is 38.0 Å². The first-order valence-electron chi connectivity index (χ1n) is 7.58. The molecule has 2 aromatic rings. The fraction of sp³-hybridized carbons (Fsp3) is 0.235. The van der Waals surface area contributed by atoms with Crippen LogP contribution in [0.25, 0.3) is 0 Å². The molecule has 8 nitrogen and oxygen atoms in total. The Bertz CT molecular complexity index is 912. The number of carbonyl (C=O) groups excluding carboxylic acids is 1. The van der Waals surface area contributed by atoms with Crippen LogP contribution >= 0.6 is 0 Å². The maximum absolute atomic E-state index is 11.9. The van der Waals surface area contributed by atoms with Gasteiger partial charge in [0.15, 0.2) is 0 Å². The Hall–Kier alpha value is -2.78. The lowest BCUT2D eigenvalue weighted by molar-refractivity contribution is 0.0696. The normalized spacial score (nSPS) is 12.4. The van der Waals surface area contributed by atoms with Gasteiger partial charge in [0.1, 0.15) is 5.69 Å². The van der Waals surface area contributed by atoms with Gasteiger partial charge in [0, 0.05) is 7.05 Å². The highest BCUT2D eigenvalue weighted by Gasteiger charge is 2.22. The summed E-state index contributed by atoms with van der Waals surface area (Å²) in [5, 5.41) is 11.7. The number of carboxylic acid groups (broad SMARTS) is 1. The smallest absolute Gasteiger partial charge is 0.335 e. The Kier molecular flexibility index (Phi) is 6.06. The summed E-state index contributed by atoms with van der Waals surface area (Å²) in [5.74, 6) is -2.45. The van der Waals surface area contributed by atoms with Crippen LogP contribution in [0.2, 0.25) is 0 Å². The van der Waals surface area contributed by atoms with Gasteiger partial charge < -0.3 is 10.4 Å². The highest BCUT2D eigenvalue weighted by Crippen LogP contribution is 2.25. The van der Waals surface area contributed by atoms with E-state index in [2.05, 4.69) is 10.3 Å². The van der Waals surface area contributed by atoms with Crippen LogP contribution in [0.3, 0.4) is 0 Å². The summed E-state index contributed by atoms with van der Waals surface area (Å²) >= 11 is 0. The third-order valence-electron chi connectivity index (χ3n) is 3.56. The number of nitrogens with one attached hydrogen (secondary N) is 1. The number of carbonyl (C=O) groups is 2. The molecule has 1 atom stereocenters. The quantitative estimate of drug-likeness (QED) is 0.695. The van der Waals surface area contributed by atoms with E-state index in [1.807, 2.05) is 0 Å². The number of rotatable bonds is 7. The molecule has 0 fully saturated rings. The number of amides is 1. The summed E-state index contributed by atoms with van der Waals surface area (Å²) in [6.45, 7) is -0.272. The Morgan fingerprint density at radius 1 is 1.23 bits per heavy atom. The van der Waals surface area contributed by atoms with E-state index >= 15 is 0 Å². The summed E-state index contributed by atoms with van der Waals surface area (Å²) in [5.41, 5.74) is 0.684. The van der Waals surface area contributed by atoms with Gasteiger partial charge in [-0.2, -0.15) is 8.42 Å². The van der Waals surface area contributed by atoms with Crippen LogP contribution in [-0.4, -0.2) is 50.3 Å². The lowest BCUT2D eigenvalue weighted by atomic mass is 9.95. The van der Waals surface area contributed by atoms with Gasteiger partial charge in [-0.05, 0) is 17.7 Å². The predicted octanol–water partition coefficient (Wildman–Crippen LogP) is 1.25. The Labute approximate surface area is 151 Å². The Balaban J connectivity index is 2.57. The van der Waals surface area contributed by atoms with Gasteiger partial charge in [-0.1, -0.05) is 30.3 Å². The minimum Gasteiger partial charge on any atom is -0.478 e. The molecule has 2 rings (SSSR count). The van der Waals surface area contributed by atoms with Gasteiger partial charge in [0.05, 0.1) is 30.0 Å². The van der Waals surface area contributed by atoms with Crippen molar-refractivity contribution >= 4 is 22.0 Å². The standard InChI is InChI=1S/C17H18N2O6S/c1-18-16(20)15-9-12(17(21)22)8-14(19-15)13(10-25-26(2,23)24)11-6-4-3-5-7-11/h3-9,13H,10H2,1-2H3,(H,18,20)(H,21,22). The fourth-order valence-corrected chi connectivity index (χ4v) is 2.71. The van der Waals surface area contributed by atoms with Crippen molar-refractivity contribution in [3.8, 4) is 0 Å². The maximum atomic E-state index is 11.9. The molecule has 1 aromatic heterocycles. The molecule has 1 unspecified atom stereocenters. The topological polar surface area (TPSA) is 123 Å². The van der Waals surface area contributed by atoms with Crippen molar-refractivity contribution in [2.24, 2.45) is 0 Å². The molecule has 0 spiro atoms. The molecule has 1 amide bonds. The first-order valence-corrected chi connectivity index (χ1v) is 9.39. The van der Waals surface area contributed by atoms with Crippen LogP contribution in [0.15, 0.2) is 42.5 Å². The fourth-order valence-electron chi connectivity index (χ4n) is 2.33. The Morgan fingerprint density at radius 3 is 2.42 bits per heavy atom. The zero-order chi connectivity index (χ0) is 19.3. The molecule has 2 N–H and O–H groups in total. The van der Waals surface area contributed by atoms with Crippen molar-refractivity contribution in [1.82, 2.24) is 10.3 Å². The molecular formula is C17H18N2O6S. The zero-order valence-electron chi connectivity index (χ0n) is 14.2. The molecule has 138 valence electrons. The van der Waals surface area contributed by atoms with E-state index in [1.54, 1.807) is 30.3 Å². The molecule has 0 aliphatic heterocycles. The lowest BCUT2D eigenvalue weighted by Gasteiger charge is -2.18. The van der Waals surface area contributed by atoms with E-state index in [-0.39, 0.29) is 23.6 Å². The van der Waals surface area contributed by atoms with E-state index in [0.29, 0.717) is 5.56 Å². The summed E-state index contributed by atoms with van der Waals surface area (Å²) in [6.07, 6.45) is 0.923. The summed E-state index contributed by atoms with van der Waals surface area (Å²) in [7, 11) is -2.31. The predicted molar refractivity (Wildman–Crippen MR) is 93.7 cm³/mol. The molecule has 1 aromatic carbocycles. The van der Waals surface area contributed by atoms with Gasteiger partial charge in [0.25, 0.3) is 16.0 Å². The second-order valence-corrected chi connectivity index (χ2v) is 7.15. The van der Waals surface area contributed by atoms with E-state index in [1.165, 1.54) is 13.1 Å². The molecule has 0 aliphatic rings. The maximum Gasteiger partial charge on any atom is 0.335 e. The van der Waals surface area contributed by atoms with Gasteiger partial charge in [0.2, 0.25) is 0 Å². The monoisotopic (exact) mass is 378 g/mol. The molecule has 0 bridgehead atoms. The van der Waals surface area contributed by atoms with Crippen molar-refractivity contribution in [2.45, 2.75) is 5.92 Å². The number of aromatic carboxylic acids is 1. The van der Waals surface area contributed by atoms with E-state index < -0.39 is 27.9 Å². The van der Waals surface area contributed by atoms with Crippen molar-refractivity contribution in [1.29, 1.82) is 0 Å². The van der Waals surface area contributed by atoms with Crippen LogP contribution < -0.4 is 5.32 Å². The van der Waals surface area contributed by atoms with Gasteiger partial charge in [-0.3, -0.25) is 8.98 Å². The third-order valence-corrected chi connectivity index (χ3v) is 4.12. The second-order valence-electron chi connectivity index (χ2n) is 5.50. The molecule has 0 saturated carbocycles. The molecular weight excluding hydrogens is 360 g/mol. The van der Waals surface area contributed by atoms with E-state index in [4.69, 9.17) is 4.18 Å².